The van der Waals surface area contributed by atoms with Gasteiger partial charge >= 0.3 is 6.03 Å². The number of hydrogen-bond acceptors (Lipinski definition) is 4. The van der Waals surface area contributed by atoms with Crippen LogP contribution in [0.3, 0.4) is 0 Å². The summed E-state index contributed by atoms with van der Waals surface area (Å²) in [7, 11) is 1.66. The number of rotatable bonds is 4. The average molecular weight is 420 g/mol. The summed E-state index contributed by atoms with van der Waals surface area (Å²) in [6.45, 7) is 10.2. The third-order valence-electron chi connectivity index (χ3n) is 5.49. The van der Waals surface area contributed by atoms with Crippen LogP contribution in [0.15, 0.2) is 24.3 Å². The van der Waals surface area contributed by atoms with Crippen LogP contribution in [-0.4, -0.2) is 59.3 Å². The molecule has 1 aromatic rings. The molecule has 2 unspecified atom stereocenters. The van der Waals surface area contributed by atoms with Gasteiger partial charge in [-0.1, -0.05) is 12.1 Å². The van der Waals surface area contributed by atoms with Gasteiger partial charge in [-0.2, -0.15) is 0 Å². The maximum atomic E-state index is 12.8. The average Bonchev–Trinajstić information content (AvgIpc) is 2.95. The van der Waals surface area contributed by atoms with Crippen LogP contribution in [-0.2, 0) is 4.79 Å². The van der Waals surface area contributed by atoms with Gasteiger partial charge < -0.3 is 19.9 Å². The van der Waals surface area contributed by atoms with E-state index in [0.29, 0.717) is 5.92 Å². The minimum absolute atomic E-state index is 0.00786. The Balaban J connectivity index is 1.61. The molecule has 3 amide bonds. The lowest BCUT2D eigenvalue weighted by atomic mass is 9.96. The molecule has 2 aliphatic heterocycles. The fourth-order valence-corrected chi connectivity index (χ4v) is 5.17. The summed E-state index contributed by atoms with van der Waals surface area (Å²) in [6.07, 6.45) is 1.85. The Kier molecular flexibility index (Phi) is 6.66. The van der Waals surface area contributed by atoms with E-state index < -0.39 is 0 Å². The molecule has 0 spiro atoms. The molecule has 7 heteroatoms. The summed E-state index contributed by atoms with van der Waals surface area (Å²) >= 11 is 1.71. The van der Waals surface area contributed by atoms with Crippen molar-refractivity contribution >= 4 is 23.7 Å². The largest absolute Gasteiger partial charge is 0.497 e. The number of thioether (sulfide) groups is 1. The topological polar surface area (TPSA) is 61.9 Å². The molecular formula is C22H33N3O3S. The molecule has 2 aliphatic rings. The van der Waals surface area contributed by atoms with Crippen molar-refractivity contribution in [3.8, 4) is 5.75 Å². The molecule has 0 bridgehead atoms. The van der Waals surface area contributed by atoms with Crippen LogP contribution in [0.1, 0.15) is 51.5 Å². The van der Waals surface area contributed by atoms with Crippen molar-refractivity contribution in [1.29, 1.82) is 0 Å². The van der Waals surface area contributed by atoms with E-state index in [9.17, 15) is 9.59 Å². The van der Waals surface area contributed by atoms with Gasteiger partial charge in [-0.05, 0) is 64.2 Å². The molecule has 1 N–H and O–H groups in total. The highest BCUT2D eigenvalue weighted by Crippen LogP contribution is 2.44. The second-order valence-corrected chi connectivity index (χ2v) is 10.4. The number of ether oxygens (including phenoxy) is 1. The van der Waals surface area contributed by atoms with Gasteiger partial charge in [-0.25, -0.2) is 4.79 Å². The number of urea groups is 1. The summed E-state index contributed by atoms with van der Waals surface area (Å²) in [5.74, 6) is 1.46. The molecule has 2 heterocycles. The van der Waals surface area contributed by atoms with E-state index >= 15 is 0 Å². The number of carbonyl (C=O) groups excluding carboxylic acids is 2. The SMILES string of the molecule is COc1ccc(C2SC(C)C(=O)N2CC2CCN(C(=O)NC(C)(C)C)CC2)cc1. The lowest BCUT2D eigenvalue weighted by Gasteiger charge is -2.36. The van der Waals surface area contributed by atoms with Gasteiger partial charge in [0.25, 0.3) is 0 Å². The summed E-state index contributed by atoms with van der Waals surface area (Å²) in [5, 5.41) is 3.06. The van der Waals surface area contributed by atoms with Crippen molar-refractivity contribution in [2.45, 2.75) is 56.7 Å². The first-order valence-corrected chi connectivity index (χ1v) is 11.3. The van der Waals surface area contributed by atoms with Crippen LogP contribution < -0.4 is 10.1 Å². The van der Waals surface area contributed by atoms with Crippen LogP contribution in [0.4, 0.5) is 4.79 Å². The minimum Gasteiger partial charge on any atom is -0.497 e. The number of benzene rings is 1. The van der Waals surface area contributed by atoms with Gasteiger partial charge in [-0.3, -0.25) is 4.79 Å². The highest BCUT2D eigenvalue weighted by atomic mass is 32.2. The van der Waals surface area contributed by atoms with E-state index in [-0.39, 0.29) is 28.1 Å². The zero-order chi connectivity index (χ0) is 21.2. The van der Waals surface area contributed by atoms with Gasteiger partial charge in [-0.15, -0.1) is 11.8 Å². The van der Waals surface area contributed by atoms with Crippen LogP contribution in [0.25, 0.3) is 0 Å². The molecule has 160 valence electrons. The van der Waals surface area contributed by atoms with Crippen LogP contribution in [0, 0.1) is 5.92 Å². The predicted molar refractivity (Wildman–Crippen MR) is 117 cm³/mol. The van der Waals surface area contributed by atoms with Crippen molar-refractivity contribution in [2.75, 3.05) is 26.7 Å². The van der Waals surface area contributed by atoms with Crippen LogP contribution in [0.2, 0.25) is 0 Å². The number of hydrogen-bond donors (Lipinski definition) is 1. The summed E-state index contributed by atoms with van der Waals surface area (Å²) < 4.78 is 5.26. The van der Waals surface area contributed by atoms with E-state index in [0.717, 1.165) is 43.8 Å². The van der Waals surface area contributed by atoms with Crippen molar-refractivity contribution < 1.29 is 14.3 Å². The van der Waals surface area contributed by atoms with Crippen LogP contribution in [0.5, 0.6) is 5.75 Å². The first-order chi connectivity index (χ1) is 13.7. The van der Waals surface area contributed by atoms with E-state index in [2.05, 4.69) is 5.32 Å². The summed E-state index contributed by atoms with van der Waals surface area (Å²) in [4.78, 5) is 29.1. The summed E-state index contributed by atoms with van der Waals surface area (Å²) in [5.41, 5.74) is 0.907. The van der Waals surface area contributed by atoms with E-state index in [1.807, 2.05) is 61.8 Å². The number of amides is 3. The Labute approximate surface area is 178 Å². The molecule has 1 aromatic carbocycles. The zero-order valence-electron chi connectivity index (χ0n) is 18.1. The van der Waals surface area contributed by atoms with Gasteiger partial charge in [0.05, 0.1) is 12.4 Å². The van der Waals surface area contributed by atoms with Gasteiger partial charge in [0, 0.05) is 25.2 Å². The Morgan fingerprint density at radius 1 is 1.21 bits per heavy atom. The number of methoxy groups -OCH3 is 1. The monoisotopic (exact) mass is 419 g/mol. The quantitative estimate of drug-likeness (QED) is 0.805. The second-order valence-electron chi connectivity index (χ2n) is 9.01. The fourth-order valence-electron chi connectivity index (χ4n) is 3.88. The highest BCUT2D eigenvalue weighted by molar-refractivity contribution is 8.01. The van der Waals surface area contributed by atoms with Crippen molar-refractivity contribution in [3.05, 3.63) is 29.8 Å². The first-order valence-electron chi connectivity index (χ1n) is 10.3. The highest BCUT2D eigenvalue weighted by Gasteiger charge is 2.40. The molecule has 0 aliphatic carbocycles. The van der Waals surface area contributed by atoms with Crippen LogP contribution >= 0.6 is 11.8 Å². The lowest BCUT2D eigenvalue weighted by Crippen LogP contribution is -2.51. The Bertz CT molecular complexity index is 724. The maximum absolute atomic E-state index is 12.8. The molecular weight excluding hydrogens is 386 g/mol. The first kappa shape index (κ1) is 21.8. The van der Waals surface area contributed by atoms with Crippen molar-refractivity contribution in [1.82, 2.24) is 15.1 Å². The van der Waals surface area contributed by atoms with E-state index in [1.165, 1.54) is 0 Å². The van der Waals surface area contributed by atoms with Crippen molar-refractivity contribution in [2.24, 2.45) is 5.92 Å². The third kappa shape index (κ3) is 5.38. The van der Waals surface area contributed by atoms with E-state index in [1.54, 1.807) is 18.9 Å². The minimum atomic E-state index is -0.227. The van der Waals surface area contributed by atoms with Crippen molar-refractivity contribution in [3.63, 3.8) is 0 Å². The molecule has 0 aromatic heterocycles. The van der Waals surface area contributed by atoms with Gasteiger partial charge in [0.1, 0.15) is 11.1 Å². The molecule has 6 nitrogen and oxygen atoms in total. The number of likely N-dealkylation sites (tertiary alicyclic amines) is 1. The van der Waals surface area contributed by atoms with E-state index in [4.69, 9.17) is 4.74 Å². The standard InChI is InChI=1S/C22H33N3O3S/c1-15-19(26)25(20(29-15)17-6-8-18(28-5)9-7-17)14-16-10-12-24(13-11-16)21(27)23-22(2,3)4/h6-9,15-16,20H,10-14H2,1-5H3,(H,23,27). The fraction of sp³-hybridized carbons (Fsp3) is 0.636. The molecule has 2 atom stereocenters. The number of nitrogens with zero attached hydrogens (tertiary/aromatic N) is 2. The molecule has 0 radical (unpaired) electrons. The molecule has 29 heavy (non-hydrogen) atoms. The maximum Gasteiger partial charge on any atom is 0.317 e. The number of carbonyl (C=O) groups is 2. The molecule has 2 fully saturated rings. The van der Waals surface area contributed by atoms with Gasteiger partial charge in [0.15, 0.2) is 0 Å². The molecule has 3 rings (SSSR count). The number of nitrogens with one attached hydrogen (secondary N) is 1. The Morgan fingerprint density at radius 2 is 1.83 bits per heavy atom. The zero-order valence-corrected chi connectivity index (χ0v) is 18.9. The Morgan fingerprint density at radius 3 is 2.38 bits per heavy atom. The van der Waals surface area contributed by atoms with Gasteiger partial charge in [0.2, 0.25) is 5.91 Å². The second kappa shape index (κ2) is 8.86. The lowest BCUT2D eigenvalue weighted by molar-refractivity contribution is -0.130. The number of piperidine rings is 1. The third-order valence-corrected chi connectivity index (χ3v) is 6.88. The normalized spacial score (nSPS) is 23.4. The smallest absolute Gasteiger partial charge is 0.317 e. The Hall–Kier alpha value is -1.89. The predicted octanol–water partition coefficient (Wildman–Crippen LogP) is 3.88. The molecule has 2 saturated heterocycles. The molecule has 0 saturated carbocycles. The summed E-state index contributed by atoms with van der Waals surface area (Å²) in [6, 6.07) is 8.01.